The average Bonchev–Trinajstić information content (AvgIpc) is 3.25. The van der Waals surface area contributed by atoms with Gasteiger partial charge < -0.3 is 15.3 Å². The lowest BCUT2D eigenvalue weighted by molar-refractivity contribution is -0.144. The van der Waals surface area contributed by atoms with Crippen LogP contribution in [0.1, 0.15) is 64.2 Å². The highest BCUT2D eigenvalue weighted by Crippen LogP contribution is 2.35. The number of nitrogens with zero attached hydrogens (tertiary/aromatic N) is 2. The first kappa shape index (κ1) is 28.3. The van der Waals surface area contributed by atoms with Gasteiger partial charge in [0.15, 0.2) is 0 Å². The summed E-state index contributed by atoms with van der Waals surface area (Å²) >= 11 is 0. The Hall–Kier alpha value is -3.68. The molecule has 3 atom stereocenters. The van der Waals surface area contributed by atoms with Crippen molar-refractivity contribution in [2.24, 2.45) is 11.3 Å². The first-order valence-corrected chi connectivity index (χ1v) is 13.6. The van der Waals surface area contributed by atoms with E-state index in [1.165, 1.54) is 0 Å². The molecule has 208 valence electrons. The molecule has 0 saturated heterocycles. The third kappa shape index (κ3) is 6.32. The lowest BCUT2D eigenvalue weighted by Crippen LogP contribution is -2.58. The summed E-state index contributed by atoms with van der Waals surface area (Å²) in [5, 5.41) is 12.5. The molecule has 2 aliphatic rings. The van der Waals surface area contributed by atoms with E-state index in [1.54, 1.807) is 9.80 Å². The molecule has 0 spiro atoms. The molecule has 0 radical (unpaired) electrons. The normalized spacial score (nSPS) is 19.3. The maximum atomic E-state index is 14.0. The predicted octanol–water partition coefficient (Wildman–Crippen LogP) is 3.95. The first-order valence-electron chi connectivity index (χ1n) is 13.6. The number of carboxylic acid groups (broad SMARTS) is 1. The van der Waals surface area contributed by atoms with Gasteiger partial charge in [-0.3, -0.25) is 24.1 Å². The van der Waals surface area contributed by atoms with E-state index in [2.05, 4.69) is 5.32 Å². The van der Waals surface area contributed by atoms with Gasteiger partial charge in [0.05, 0.1) is 6.42 Å². The number of amides is 3. The van der Waals surface area contributed by atoms with Gasteiger partial charge in [-0.25, -0.2) is 0 Å². The fourth-order valence-electron chi connectivity index (χ4n) is 5.61. The molecule has 4 rings (SSSR count). The van der Waals surface area contributed by atoms with Gasteiger partial charge in [0.25, 0.3) is 0 Å². The Morgan fingerprint density at radius 1 is 0.949 bits per heavy atom. The van der Waals surface area contributed by atoms with Crippen molar-refractivity contribution in [3.8, 4) is 0 Å². The molecule has 8 heteroatoms. The molecule has 2 aromatic rings. The number of hydrogen-bond donors (Lipinski definition) is 2. The van der Waals surface area contributed by atoms with Crippen LogP contribution < -0.4 is 10.2 Å². The largest absolute Gasteiger partial charge is 0.481 e. The molecular formula is C31H39N3O5. The van der Waals surface area contributed by atoms with E-state index in [-0.39, 0.29) is 48.4 Å². The van der Waals surface area contributed by atoms with Crippen LogP contribution in [0.15, 0.2) is 48.5 Å². The van der Waals surface area contributed by atoms with Crippen molar-refractivity contribution in [1.29, 1.82) is 0 Å². The summed E-state index contributed by atoms with van der Waals surface area (Å²) in [4.78, 5) is 56.0. The summed E-state index contributed by atoms with van der Waals surface area (Å²) in [6, 6.07) is 13.1. The van der Waals surface area contributed by atoms with Crippen molar-refractivity contribution < 1.29 is 24.3 Å². The van der Waals surface area contributed by atoms with Crippen molar-refractivity contribution in [1.82, 2.24) is 10.2 Å². The second-order valence-electron chi connectivity index (χ2n) is 12.3. The zero-order valence-electron chi connectivity index (χ0n) is 23.4. The second kappa shape index (κ2) is 11.2. The van der Waals surface area contributed by atoms with Gasteiger partial charge in [0.2, 0.25) is 17.7 Å². The molecule has 2 aliphatic heterocycles. The van der Waals surface area contributed by atoms with E-state index in [9.17, 15) is 24.3 Å². The van der Waals surface area contributed by atoms with Gasteiger partial charge in [-0.05, 0) is 40.5 Å². The van der Waals surface area contributed by atoms with Crippen molar-refractivity contribution in [2.75, 3.05) is 4.90 Å². The van der Waals surface area contributed by atoms with Crippen molar-refractivity contribution >= 4 is 29.4 Å². The number of aliphatic carboxylic acids is 1. The highest BCUT2D eigenvalue weighted by Gasteiger charge is 2.42. The van der Waals surface area contributed by atoms with Crippen LogP contribution in [-0.4, -0.2) is 51.8 Å². The predicted molar refractivity (Wildman–Crippen MR) is 149 cm³/mol. The zero-order chi connectivity index (χ0) is 28.5. The van der Waals surface area contributed by atoms with E-state index >= 15 is 0 Å². The van der Waals surface area contributed by atoms with Gasteiger partial charge in [-0.2, -0.15) is 0 Å². The van der Waals surface area contributed by atoms with Crippen LogP contribution in [0.2, 0.25) is 0 Å². The summed E-state index contributed by atoms with van der Waals surface area (Å²) in [5.74, 6) is -2.03. The molecule has 1 unspecified atom stereocenters. The molecule has 3 amide bonds. The second-order valence-corrected chi connectivity index (χ2v) is 12.3. The summed E-state index contributed by atoms with van der Waals surface area (Å²) in [6.07, 6.45) is 0.920. The Morgan fingerprint density at radius 3 is 2.18 bits per heavy atom. The van der Waals surface area contributed by atoms with Gasteiger partial charge >= 0.3 is 5.97 Å². The number of carbonyl (C=O) groups excluding carboxylic acids is 3. The van der Waals surface area contributed by atoms with Crippen molar-refractivity contribution in [2.45, 2.75) is 85.0 Å². The fourth-order valence-corrected chi connectivity index (χ4v) is 5.61. The summed E-state index contributed by atoms with van der Waals surface area (Å²) < 4.78 is 0. The van der Waals surface area contributed by atoms with Crippen molar-refractivity contribution in [3.63, 3.8) is 0 Å². The number of hydrogen-bond acceptors (Lipinski definition) is 4. The van der Waals surface area contributed by atoms with Crippen LogP contribution in [0, 0.1) is 11.3 Å². The number of rotatable bonds is 7. The van der Waals surface area contributed by atoms with E-state index in [0.717, 1.165) is 22.4 Å². The summed E-state index contributed by atoms with van der Waals surface area (Å²) in [7, 11) is 0. The molecule has 39 heavy (non-hydrogen) atoms. The molecule has 2 aromatic carbocycles. The third-order valence-electron chi connectivity index (χ3n) is 7.51. The van der Waals surface area contributed by atoms with Crippen LogP contribution in [0.3, 0.4) is 0 Å². The van der Waals surface area contributed by atoms with Crippen LogP contribution in [-0.2, 0) is 38.6 Å². The van der Waals surface area contributed by atoms with Crippen LogP contribution >= 0.6 is 0 Å². The monoisotopic (exact) mass is 533 g/mol. The molecule has 0 fully saturated rings. The lowest BCUT2D eigenvalue weighted by Gasteiger charge is -2.39. The number of carbonyl (C=O) groups is 4. The van der Waals surface area contributed by atoms with E-state index in [4.69, 9.17) is 0 Å². The maximum Gasteiger partial charge on any atom is 0.305 e. The third-order valence-corrected chi connectivity index (χ3v) is 7.51. The van der Waals surface area contributed by atoms with Gasteiger partial charge in [-0.15, -0.1) is 0 Å². The Kier molecular flexibility index (Phi) is 8.14. The minimum Gasteiger partial charge on any atom is -0.481 e. The van der Waals surface area contributed by atoms with E-state index < -0.39 is 24.1 Å². The average molecular weight is 534 g/mol. The number of benzene rings is 2. The Bertz CT molecular complexity index is 1260. The van der Waals surface area contributed by atoms with Crippen LogP contribution in [0.4, 0.5) is 5.69 Å². The van der Waals surface area contributed by atoms with Gasteiger partial charge in [0, 0.05) is 31.1 Å². The molecule has 2 heterocycles. The molecule has 8 nitrogen and oxygen atoms in total. The van der Waals surface area contributed by atoms with Gasteiger partial charge in [-0.1, -0.05) is 77.1 Å². The Morgan fingerprint density at radius 2 is 1.56 bits per heavy atom. The summed E-state index contributed by atoms with van der Waals surface area (Å²) in [5.41, 5.74) is 3.41. The van der Waals surface area contributed by atoms with Gasteiger partial charge in [0.1, 0.15) is 12.1 Å². The highest BCUT2D eigenvalue weighted by molar-refractivity contribution is 6.04. The van der Waals surface area contributed by atoms with Crippen LogP contribution in [0.25, 0.3) is 0 Å². The minimum atomic E-state index is -0.973. The van der Waals surface area contributed by atoms with E-state index in [1.807, 2.05) is 83.1 Å². The lowest BCUT2D eigenvalue weighted by atomic mass is 9.90. The first-order chi connectivity index (χ1) is 18.4. The van der Waals surface area contributed by atoms with Crippen LogP contribution in [0.5, 0.6) is 0 Å². The quantitative estimate of drug-likeness (QED) is 0.561. The molecule has 0 aliphatic carbocycles. The van der Waals surface area contributed by atoms with Crippen molar-refractivity contribution in [3.05, 3.63) is 65.2 Å². The Labute approximate surface area is 230 Å². The summed E-state index contributed by atoms with van der Waals surface area (Å²) in [6.45, 7) is 9.97. The molecular weight excluding hydrogens is 494 g/mol. The number of anilines is 1. The standard InChI is InChI=1S/C31H39N3O5/c1-19(2)28(30(39)33-18-22-12-7-6-10-20(22)14-23(33)16-27(36)37)32-29(38)25-15-21-11-8-9-13-24(21)34(25)26(35)17-31(3,4)5/h6-13,19,23,25,28H,14-18H2,1-5H3,(H,32,38)(H,36,37)/t23-,25-,28?/m1/s1. The topological polar surface area (TPSA) is 107 Å². The smallest absolute Gasteiger partial charge is 0.305 e. The highest BCUT2D eigenvalue weighted by atomic mass is 16.4. The maximum absolute atomic E-state index is 14.0. The molecule has 0 saturated carbocycles. The molecule has 0 bridgehead atoms. The minimum absolute atomic E-state index is 0.130. The zero-order valence-corrected chi connectivity index (χ0v) is 23.4. The number of para-hydroxylation sites is 1. The number of carboxylic acids is 1. The SMILES string of the molecule is CC(C)C(NC(=O)[C@H]1Cc2ccccc2N1C(=O)CC(C)(C)C)C(=O)N1Cc2ccccc2C[C@@H]1CC(=O)O. The molecule has 0 aromatic heterocycles. The number of fused-ring (bicyclic) bond motifs is 2. The Balaban J connectivity index is 1.59. The van der Waals surface area contributed by atoms with E-state index in [0.29, 0.717) is 12.8 Å². The fraction of sp³-hybridized carbons (Fsp3) is 0.484. The molecule has 2 N–H and O–H groups in total. The number of nitrogens with one attached hydrogen (secondary N) is 1.